The first-order chi connectivity index (χ1) is 10.0. The number of nitrogens with zero attached hydrogens (tertiary/aromatic N) is 2. The van der Waals surface area contributed by atoms with Gasteiger partial charge in [0, 0.05) is 5.56 Å². The van der Waals surface area contributed by atoms with Crippen molar-refractivity contribution in [3.63, 3.8) is 0 Å². The van der Waals surface area contributed by atoms with Crippen LogP contribution >= 0.6 is 23.1 Å². The van der Waals surface area contributed by atoms with E-state index in [1.807, 2.05) is 39.0 Å². The van der Waals surface area contributed by atoms with Gasteiger partial charge < -0.3 is 0 Å². The summed E-state index contributed by atoms with van der Waals surface area (Å²) in [5, 5.41) is 12.0. The van der Waals surface area contributed by atoms with Crippen molar-refractivity contribution in [2.75, 3.05) is 11.1 Å². The summed E-state index contributed by atoms with van der Waals surface area (Å²) in [6.45, 7) is 5.75. The highest BCUT2D eigenvalue weighted by atomic mass is 32.2. The zero-order valence-corrected chi connectivity index (χ0v) is 13.7. The Bertz CT molecular complexity index is 716. The topological polar surface area (TPSA) is 65.8 Å². The summed E-state index contributed by atoms with van der Waals surface area (Å²) in [6, 6.07) is 7.88. The van der Waals surface area contributed by atoms with Crippen molar-refractivity contribution >= 4 is 34.1 Å². The zero-order valence-electron chi connectivity index (χ0n) is 12.1. The van der Waals surface area contributed by atoms with E-state index in [2.05, 4.69) is 16.4 Å². The number of anilines is 1. The molecular formula is C15H15N3OS2. The van der Waals surface area contributed by atoms with Crippen LogP contribution in [0.4, 0.5) is 5.13 Å². The number of aromatic nitrogens is 1. The third-order valence-electron chi connectivity index (χ3n) is 2.88. The standard InChI is InChI=1S/C15H15N3OS2/c1-9-4-5-10(2)12(8-9)13(19)18-15-17-11(3)14(21-15)20-7-6-16/h4-5,8H,7H2,1-3H3,(H,17,18,19). The molecule has 0 aliphatic carbocycles. The number of carbonyl (C=O) groups excluding carboxylic acids is 1. The van der Waals surface area contributed by atoms with E-state index in [1.165, 1.54) is 23.1 Å². The van der Waals surface area contributed by atoms with Gasteiger partial charge in [-0.3, -0.25) is 10.1 Å². The first-order valence-corrected chi connectivity index (χ1v) is 8.17. The van der Waals surface area contributed by atoms with Crippen molar-refractivity contribution < 1.29 is 4.79 Å². The van der Waals surface area contributed by atoms with Crippen LogP contribution in [0.1, 0.15) is 27.2 Å². The third kappa shape index (κ3) is 3.84. The van der Waals surface area contributed by atoms with Crippen LogP contribution in [0.3, 0.4) is 0 Å². The average Bonchev–Trinajstić information content (AvgIpc) is 2.79. The molecule has 0 spiro atoms. The predicted octanol–water partition coefficient (Wildman–Crippen LogP) is 3.94. The van der Waals surface area contributed by atoms with Crippen LogP contribution < -0.4 is 5.32 Å². The fourth-order valence-electron chi connectivity index (χ4n) is 1.81. The van der Waals surface area contributed by atoms with Crippen molar-refractivity contribution in [3.05, 3.63) is 40.6 Å². The van der Waals surface area contributed by atoms with Crippen LogP contribution in [0, 0.1) is 32.1 Å². The lowest BCUT2D eigenvalue weighted by molar-refractivity contribution is 0.102. The van der Waals surface area contributed by atoms with Crippen LogP contribution in [-0.4, -0.2) is 16.6 Å². The van der Waals surface area contributed by atoms with E-state index in [0.29, 0.717) is 16.4 Å². The van der Waals surface area contributed by atoms with E-state index in [4.69, 9.17) is 5.26 Å². The molecule has 1 N–H and O–H groups in total. The molecule has 0 unspecified atom stereocenters. The predicted molar refractivity (Wildman–Crippen MR) is 87.1 cm³/mol. The Balaban J connectivity index is 2.16. The molecule has 108 valence electrons. The average molecular weight is 317 g/mol. The highest BCUT2D eigenvalue weighted by molar-refractivity contribution is 8.01. The van der Waals surface area contributed by atoms with Gasteiger partial charge in [0.25, 0.3) is 5.91 Å². The maximum absolute atomic E-state index is 12.3. The summed E-state index contributed by atoms with van der Waals surface area (Å²) in [7, 11) is 0. The van der Waals surface area contributed by atoms with E-state index in [0.717, 1.165) is 21.0 Å². The molecule has 21 heavy (non-hydrogen) atoms. The lowest BCUT2D eigenvalue weighted by atomic mass is 10.1. The molecule has 0 aliphatic rings. The summed E-state index contributed by atoms with van der Waals surface area (Å²) in [6.07, 6.45) is 0. The molecule has 0 aliphatic heterocycles. The molecule has 4 nitrogen and oxygen atoms in total. The first-order valence-electron chi connectivity index (χ1n) is 6.37. The number of amides is 1. The van der Waals surface area contributed by atoms with Crippen molar-refractivity contribution in [2.24, 2.45) is 0 Å². The van der Waals surface area contributed by atoms with E-state index in [1.54, 1.807) is 0 Å². The molecule has 0 saturated heterocycles. The van der Waals surface area contributed by atoms with Crippen LogP contribution in [0.15, 0.2) is 22.4 Å². The maximum atomic E-state index is 12.3. The SMILES string of the molecule is Cc1ccc(C)c(C(=O)Nc2nc(C)c(SCC#N)s2)c1. The number of benzene rings is 1. The minimum Gasteiger partial charge on any atom is -0.298 e. The van der Waals surface area contributed by atoms with Crippen molar-refractivity contribution in [2.45, 2.75) is 25.0 Å². The maximum Gasteiger partial charge on any atom is 0.257 e. The van der Waals surface area contributed by atoms with Crippen molar-refractivity contribution in [3.8, 4) is 6.07 Å². The molecule has 1 aromatic carbocycles. The minimum absolute atomic E-state index is 0.151. The second-order valence-corrected chi connectivity index (χ2v) is 6.85. The third-order valence-corrected chi connectivity index (χ3v) is 5.18. The fraction of sp³-hybridized carbons (Fsp3) is 0.267. The number of aryl methyl sites for hydroxylation is 3. The number of nitriles is 1. The molecule has 1 heterocycles. The van der Waals surface area contributed by atoms with E-state index < -0.39 is 0 Å². The molecule has 0 fully saturated rings. The quantitative estimate of drug-likeness (QED) is 0.868. The van der Waals surface area contributed by atoms with Crippen LogP contribution in [0.5, 0.6) is 0 Å². The van der Waals surface area contributed by atoms with Crippen molar-refractivity contribution in [1.82, 2.24) is 4.98 Å². The van der Waals surface area contributed by atoms with E-state index >= 15 is 0 Å². The summed E-state index contributed by atoms with van der Waals surface area (Å²) in [5.41, 5.74) is 3.49. The van der Waals surface area contributed by atoms with Crippen LogP contribution in [0.2, 0.25) is 0 Å². The fourth-order valence-corrected chi connectivity index (χ4v) is 3.61. The Morgan fingerprint density at radius 3 is 2.90 bits per heavy atom. The molecule has 2 aromatic rings. The monoisotopic (exact) mass is 317 g/mol. The number of thiazole rings is 1. The highest BCUT2D eigenvalue weighted by Gasteiger charge is 2.14. The second kappa shape index (κ2) is 6.74. The van der Waals surface area contributed by atoms with Gasteiger partial charge in [-0.25, -0.2) is 4.98 Å². The van der Waals surface area contributed by atoms with Crippen molar-refractivity contribution in [1.29, 1.82) is 5.26 Å². The molecule has 2 rings (SSSR count). The first kappa shape index (κ1) is 15.5. The van der Waals surface area contributed by atoms with Crippen LogP contribution in [0.25, 0.3) is 0 Å². The lowest BCUT2D eigenvalue weighted by Gasteiger charge is -2.06. The van der Waals surface area contributed by atoms with Gasteiger partial charge >= 0.3 is 0 Å². The summed E-state index contributed by atoms with van der Waals surface area (Å²) in [4.78, 5) is 16.7. The normalized spacial score (nSPS) is 10.2. The van der Waals surface area contributed by atoms with Gasteiger partial charge in [0.05, 0.1) is 21.7 Å². The summed E-state index contributed by atoms with van der Waals surface area (Å²) < 4.78 is 0.966. The number of nitrogens with one attached hydrogen (secondary N) is 1. The molecule has 1 amide bonds. The zero-order chi connectivity index (χ0) is 15.4. The Morgan fingerprint density at radius 1 is 1.43 bits per heavy atom. The highest BCUT2D eigenvalue weighted by Crippen LogP contribution is 2.32. The minimum atomic E-state index is -0.151. The lowest BCUT2D eigenvalue weighted by Crippen LogP contribution is -2.13. The van der Waals surface area contributed by atoms with E-state index in [-0.39, 0.29) is 5.91 Å². The Kier molecular flexibility index (Phi) is 4.99. The summed E-state index contributed by atoms with van der Waals surface area (Å²) >= 11 is 2.84. The van der Waals surface area contributed by atoms with Gasteiger partial charge in [0.1, 0.15) is 0 Å². The molecular weight excluding hydrogens is 302 g/mol. The number of carbonyl (C=O) groups is 1. The van der Waals surface area contributed by atoms with Crippen LogP contribution in [-0.2, 0) is 0 Å². The van der Waals surface area contributed by atoms with Gasteiger partial charge in [0.15, 0.2) is 5.13 Å². The largest absolute Gasteiger partial charge is 0.298 e. The van der Waals surface area contributed by atoms with Gasteiger partial charge in [-0.2, -0.15) is 5.26 Å². The number of rotatable bonds is 4. The summed E-state index contributed by atoms with van der Waals surface area (Å²) in [5.74, 6) is 0.231. The van der Waals surface area contributed by atoms with Gasteiger partial charge in [-0.1, -0.05) is 40.8 Å². The second-order valence-electron chi connectivity index (χ2n) is 4.61. The Morgan fingerprint density at radius 2 is 2.19 bits per heavy atom. The molecule has 0 atom stereocenters. The molecule has 0 bridgehead atoms. The molecule has 6 heteroatoms. The number of thioether (sulfide) groups is 1. The van der Waals surface area contributed by atoms with Gasteiger partial charge in [0.2, 0.25) is 0 Å². The number of hydrogen-bond donors (Lipinski definition) is 1. The smallest absolute Gasteiger partial charge is 0.257 e. The molecule has 1 aromatic heterocycles. The van der Waals surface area contributed by atoms with Gasteiger partial charge in [-0.05, 0) is 32.4 Å². The molecule has 0 radical (unpaired) electrons. The Hall–Kier alpha value is -1.84. The van der Waals surface area contributed by atoms with Gasteiger partial charge in [-0.15, -0.1) is 0 Å². The molecule has 0 saturated carbocycles. The number of hydrogen-bond acceptors (Lipinski definition) is 5. The Labute approximate surface area is 132 Å². The van der Waals surface area contributed by atoms with E-state index in [9.17, 15) is 4.79 Å².